The molecule has 0 saturated heterocycles. The summed E-state index contributed by atoms with van der Waals surface area (Å²) < 4.78 is 13.6. The number of halogens is 2. The molecule has 0 radical (unpaired) electrons. The monoisotopic (exact) mass is 309 g/mol. The lowest BCUT2D eigenvalue weighted by Gasteiger charge is -2.06. The van der Waals surface area contributed by atoms with Gasteiger partial charge >= 0.3 is 0 Å². The summed E-state index contributed by atoms with van der Waals surface area (Å²) in [7, 11) is 0. The third kappa shape index (κ3) is 2.87. The summed E-state index contributed by atoms with van der Waals surface area (Å²) in [5.41, 5.74) is 0.755. The minimum Gasteiger partial charge on any atom is -0.508 e. The van der Waals surface area contributed by atoms with E-state index in [9.17, 15) is 9.18 Å². The molecule has 2 rings (SSSR count). The number of benzene rings is 2. The van der Waals surface area contributed by atoms with Gasteiger partial charge < -0.3 is 10.4 Å². The van der Waals surface area contributed by atoms with Crippen LogP contribution in [0, 0.1) is 5.82 Å². The highest BCUT2D eigenvalue weighted by atomic mass is 79.9. The van der Waals surface area contributed by atoms with Gasteiger partial charge in [-0.25, -0.2) is 4.39 Å². The van der Waals surface area contributed by atoms with Gasteiger partial charge in [0.1, 0.15) is 11.6 Å². The second-order valence-electron chi connectivity index (χ2n) is 3.63. The normalized spacial score (nSPS) is 10.1. The molecule has 0 aromatic heterocycles. The fraction of sp³-hybridized carbons (Fsp3) is 0. The number of phenolic OH excluding ortho intramolecular Hbond substituents is 1. The van der Waals surface area contributed by atoms with E-state index in [-0.39, 0.29) is 11.7 Å². The molecule has 3 nitrogen and oxygen atoms in total. The third-order valence-corrected chi connectivity index (χ3v) is 2.95. The highest BCUT2D eigenvalue weighted by Gasteiger charge is 2.07. The summed E-state index contributed by atoms with van der Waals surface area (Å²) in [6.45, 7) is 0. The highest BCUT2D eigenvalue weighted by Crippen LogP contribution is 2.20. The first-order chi connectivity index (χ1) is 8.56. The maximum absolute atomic E-state index is 13.3. The number of hydrogen-bond donors (Lipinski definition) is 2. The van der Waals surface area contributed by atoms with Crippen LogP contribution in [0.2, 0.25) is 0 Å². The van der Waals surface area contributed by atoms with Gasteiger partial charge in [0, 0.05) is 11.3 Å². The second kappa shape index (κ2) is 5.18. The molecule has 0 spiro atoms. The van der Waals surface area contributed by atoms with Crippen molar-refractivity contribution in [3.63, 3.8) is 0 Å². The molecule has 2 aromatic carbocycles. The molecule has 92 valence electrons. The van der Waals surface area contributed by atoms with E-state index in [1.54, 1.807) is 6.07 Å². The first kappa shape index (κ1) is 12.6. The van der Waals surface area contributed by atoms with E-state index in [2.05, 4.69) is 21.2 Å². The van der Waals surface area contributed by atoms with Gasteiger partial charge in [-0.2, -0.15) is 0 Å². The van der Waals surface area contributed by atoms with Crippen molar-refractivity contribution in [2.75, 3.05) is 5.32 Å². The SMILES string of the molecule is O=C(Nc1ccc(Br)c(F)c1)c1ccc(O)cc1. The molecule has 0 bridgehead atoms. The van der Waals surface area contributed by atoms with Crippen molar-refractivity contribution in [2.24, 2.45) is 0 Å². The maximum atomic E-state index is 13.3. The summed E-state index contributed by atoms with van der Waals surface area (Å²) in [5.74, 6) is -0.725. The van der Waals surface area contributed by atoms with Crippen LogP contribution in [0.5, 0.6) is 5.75 Å². The molecule has 5 heteroatoms. The number of rotatable bonds is 2. The summed E-state index contributed by atoms with van der Waals surface area (Å²) in [6, 6.07) is 10.1. The molecule has 0 heterocycles. The number of amides is 1. The predicted octanol–water partition coefficient (Wildman–Crippen LogP) is 3.55. The predicted molar refractivity (Wildman–Crippen MR) is 70.2 cm³/mol. The fourth-order valence-electron chi connectivity index (χ4n) is 1.39. The van der Waals surface area contributed by atoms with Crippen LogP contribution in [0.3, 0.4) is 0 Å². The third-order valence-electron chi connectivity index (χ3n) is 2.31. The maximum Gasteiger partial charge on any atom is 0.255 e. The van der Waals surface area contributed by atoms with Crippen LogP contribution in [-0.4, -0.2) is 11.0 Å². The van der Waals surface area contributed by atoms with E-state index in [4.69, 9.17) is 5.11 Å². The van der Waals surface area contributed by atoms with Gasteiger partial charge in [-0.1, -0.05) is 0 Å². The molecular weight excluding hydrogens is 301 g/mol. The summed E-state index contributed by atoms with van der Waals surface area (Å²) in [4.78, 5) is 11.8. The van der Waals surface area contributed by atoms with E-state index in [1.807, 2.05) is 0 Å². The first-order valence-electron chi connectivity index (χ1n) is 5.12. The van der Waals surface area contributed by atoms with Crippen LogP contribution < -0.4 is 5.32 Å². The fourth-order valence-corrected chi connectivity index (χ4v) is 1.64. The Bertz CT molecular complexity index is 584. The molecule has 0 aliphatic rings. The molecule has 2 N–H and O–H groups in total. The lowest BCUT2D eigenvalue weighted by atomic mass is 10.2. The molecule has 0 aliphatic carbocycles. The molecule has 0 fully saturated rings. The van der Waals surface area contributed by atoms with Crippen LogP contribution in [0.4, 0.5) is 10.1 Å². The average Bonchev–Trinajstić information content (AvgIpc) is 2.34. The minimum atomic E-state index is -0.446. The smallest absolute Gasteiger partial charge is 0.255 e. The Morgan fingerprint density at radius 1 is 1.17 bits per heavy atom. The van der Waals surface area contributed by atoms with Crippen molar-refractivity contribution in [2.45, 2.75) is 0 Å². The average molecular weight is 310 g/mol. The summed E-state index contributed by atoms with van der Waals surface area (Å²) >= 11 is 3.03. The number of carbonyl (C=O) groups excluding carboxylic acids is 1. The van der Waals surface area contributed by atoms with Crippen molar-refractivity contribution in [1.29, 1.82) is 0 Å². The summed E-state index contributed by atoms with van der Waals surface area (Å²) in [6.07, 6.45) is 0. The van der Waals surface area contributed by atoms with E-state index >= 15 is 0 Å². The quantitative estimate of drug-likeness (QED) is 0.891. The number of phenols is 1. The van der Waals surface area contributed by atoms with Crippen molar-refractivity contribution in [1.82, 2.24) is 0 Å². The summed E-state index contributed by atoms with van der Waals surface area (Å²) in [5, 5.41) is 11.7. The Morgan fingerprint density at radius 3 is 2.44 bits per heavy atom. The Balaban J connectivity index is 2.16. The van der Waals surface area contributed by atoms with E-state index < -0.39 is 5.82 Å². The Hall–Kier alpha value is -1.88. The van der Waals surface area contributed by atoms with Gasteiger partial charge in [-0.15, -0.1) is 0 Å². The van der Waals surface area contributed by atoms with Gasteiger partial charge in [0.05, 0.1) is 4.47 Å². The first-order valence-corrected chi connectivity index (χ1v) is 5.91. The number of carbonyl (C=O) groups is 1. The van der Waals surface area contributed by atoms with Crippen LogP contribution in [0.1, 0.15) is 10.4 Å². The lowest BCUT2D eigenvalue weighted by molar-refractivity contribution is 0.102. The van der Waals surface area contributed by atoms with Crippen molar-refractivity contribution in [3.8, 4) is 5.75 Å². The number of nitrogens with one attached hydrogen (secondary N) is 1. The Labute approximate surface area is 111 Å². The van der Waals surface area contributed by atoms with Gasteiger partial charge in [-0.3, -0.25) is 4.79 Å². The topological polar surface area (TPSA) is 49.3 Å². The van der Waals surface area contributed by atoms with E-state index in [0.717, 1.165) is 0 Å². The molecule has 0 unspecified atom stereocenters. The molecule has 0 atom stereocenters. The zero-order valence-electron chi connectivity index (χ0n) is 9.15. The van der Waals surface area contributed by atoms with Gasteiger partial charge in [0.15, 0.2) is 0 Å². The molecule has 0 saturated carbocycles. The van der Waals surface area contributed by atoms with E-state index in [1.165, 1.54) is 36.4 Å². The number of hydrogen-bond acceptors (Lipinski definition) is 2. The largest absolute Gasteiger partial charge is 0.508 e. The Morgan fingerprint density at radius 2 is 1.83 bits per heavy atom. The molecule has 1 amide bonds. The van der Waals surface area contributed by atoms with Crippen molar-refractivity contribution < 1.29 is 14.3 Å². The molecule has 18 heavy (non-hydrogen) atoms. The zero-order chi connectivity index (χ0) is 13.1. The zero-order valence-corrected chi connectivity index (χ0v) is 10.7. The molecule has 2 aromatic rings. The van der Waals surface area contributed by atoms with Gasteiger partial charge in [-0.05, 0) is 58.4 Å². The van der Waals surface area contributed by atoms with Crippen molar-refractivity contribution >= 4 is 27.5 Å². The number of aromatic hydroxyl groups is 1. The molecular formula is C13H9BrFNO2. The second-order valence-corrected chi connectivity index (χ2v) is 4.48. The molecule has 0 aliphatic heterocycles. The standard InChI is InChI=1S/C13H9BrFNO2/c14-11-6-3-9(7-12(11)15)16-13(18)8-1-4-10(17)5-2-8/h1-7,17H,(H,16,18). The van der Waals surface area contributed by atoms with Gasteiger partial charge in [0.2, 0.25) is 0 Å². The minimum absolute atomic E-state index is 0.0845. The van der Waals surface area contributed by atoms with Crippen LogP contribution in [-0.2, 0) is 0 Å². The highest BCUT2D eigenvalue weighted by molar-refractivity contribution is 9.10. The number of anilines is 1. The lowest BCUT2D eigenvalue weighted by Crippen LogP contribution is -2.11. The van der Waals surface area contributed by atoms with Crippen molar-refractivity contribution in [3.05, 3.63) is 58.3 Å². The Kier molecular flexibility index (Phi) is 3.62. The van der Waals surface area contributed by atoms with Crippen LogP contribution in [0.25, 0.3) is 0 Å². The van der Waals surface area contributed by atoms with Gasteiger partial charge in [0.25, 0.3) is 5.91 Å². The van der Waals surface area contributed by atoms with Crippen LogP contribution >= 0.6 is 15.9 Å². The van der Waals surface area contributed by atoms with E-state index in [0.29, 0.717) is 15.7 Å². The van der Waals surface area contributed by atoms with Crippen LogP contribution in [0.15, 0.2) is 46.9 Å².